The van der Waals surface area contributed by atoms with Crippen LogP contribution in [-0.2, 0) is 22.0 Å². The highest BCUT2D eigenvalue weighted by Gasteiger charge is 2.44. The average Bonchev–Trinajstić information content (AvgIpc) is 3.22. The molecule has 0 aliphatic rings. The number of aryl methyl sites for hydroxylation is 2. The predicted molar refractivity (Wildman–Crippen MR) is 220 cm³/mol. The van der Waals surface area contributed by atoms with E-state index in [2.05, 4.69) is 152 Å². The predicted octanol–water partition coefficient (Wildman–Crippen LogP) is 7.82. The number of hydrogen-bond donors (Lipinski definition) is 0. The van der Waals surface area contributed by atoms with E-state index in [0.717, 1.165) is 49.3 Å². The van der Waals surface area contributed by atoms with E-state index in [1.807, 2.05) is 18.2 Å². The van der Waals surface area contributed by atoms with Gasteiger partial charge in [0.1, 0.15) is 19.6 Å². The van der Waals surface area contributed by atoms with E-state index >= 15 is 0 Å². The molecular formula is C46H50O4Si2. The first-order chi connectivity index (χ1) is 25.7. The van der Waals surface area contributed by atoms with Crippen molar-refractivity contribution in [1.29, 1.82) is 0 Å². The summed E-state index contributed by atoms with van der Waals surface area (Å²) in [7, 11) is -1.86. The molecule has 0 N–H and O–H groups in total. The lowest BCUT2D eigenvalue weighted by Gasteiger charge is -2.39. The molecule has 266 valence electrons. The average molecular weight is 723 g/mol. The zero-order valence-corrected chi connectivity index (χ0v) is 32.5. The Morgan fingerprint density at radius 2 is 0.865 bits per heavy atom. The minimum Gasteiger partial charge on any atom is -0.496 e. The van der Waals surface area contributed by atoms with Crippen LogP contribution in [0, 0.1) is 0 Å². The zero-order valence-electron chi connectivity index (χ0n) is 30.5. The second kappa shape index (κ2) is 18.7. The second-order valence-corrected chi connectivity index (χ2v) is 21.0. The molecule has 0 aliphatic carbocycles. The Hall–Kier alpha value is -4.73. The van der Waals surface area contributed by atoms with Gasteiger partial charge in [-0.1, -0.05) is 175 Å². The maximum atomic E-state index is 7.88. The van der Waals surface area contributed by atoms with Gasteiger partial charge < -0.3 is 18.6 Å². The minimum atomic E-state index is -2.77. The molecule has 0 heterocycles. The molecule has 6 rings (SSSR count). The van der Waals surface area contributed by atoms with Crippen LogP contribution < -0.4 is 30.2 Å². The van der Waals surface area contributed by atoms with Crippen LogP contribution in [0.25, 0.3) is 0 Å². The van der Waals surface area contributed by atoms with Crippen LogP contribution >= 0.6 is 0 Å². The fourth-order valence-electron chi connectivity index (χ4n) is 7.56. The molecule has 52 heavy (non-hydrogen) atoms. The molecule has 6 aromatic carbocycles. The van der Waals surface area contributed by atoms with Gasteiger partial charge in [0, 0.05) is 13.3 Å². The highest BCUT2D eigenvalue weighted by molar-refractivity contribution is 7.04. The lowest BCUT2D eigenvalue weighted by atomic mass is 10.1. The fraction of sp³-hybridized carbons (Fsp3) is 0.217. The normalized spacial score (nSPS) is 11.7. The molecule has 0 aliphatic heterocycles. The monoisotopic (exact) mass is 722 g/mol. The Bertz CT molecular complexity index is 1840. The Kier molecular flexibility index (Phi) is 13.3. The van der Waals surface area contributed by atoms with Gasteiger partial charge in [0.2, 0.25) is 0 Å². The molecule has 0 atom stereocenters. The number of para-hydroxylation sites is 2. The van der Waals surface area contributed by atoms with Crippen molar-refractivity contribution in [3.8, 4) is 11.5 Å². The maximum Gasteiger partial charge on any atom is 0.255 e. The number of benzene rings is 6. The summed E-state index contributed by atoms with van der Waals surface area (Å²) in [4.78, 5) is 0. The van der Waals surface area contributed by atoms with Gasteiger partial charge in [0.05, 0.1) is 7.11 Å². The number of hydrogen-bond acceptors (Lipinski definition) is 4. The number of ether oxygens (including phenoxy) is 3. The lowest BCUT2D eigenvalue weighted by molar-refractivity contribution is 0.0504. The van der Waals surface area contributed by atoms with E-state index in [9.17, 15) is 0 Å². The highest BCUT2D eigenvalue weighted by Crippen LogP contribution is 2.27. The fourth-order valence-corrected chi connectivity index (χ4v) is 16.9. The summed E-state index contributed by atoms with van der Waals surface area (Å²) in [5.74, 6) is 1.84. The second-order valence-electron chi connectivity index (χ2n) is 13.3. The summed E-state index contributed by atoms with van der Waals surface area (Å²) in [5, 5.41) is 5.44. The zero-order chi connectivity index (χ0) is 35.9. The number of methoxy groups -OCH3 is 2. The molecule has 6 heteroatoms. The first kappa shape index (κ1) is 37.0. The number of rotatable bonds is 19. The Labute approximate surface area is 312 Å². The summed E-state index contributed by atoms with van der Waals surface area (Å²) in [6, 6.07) is 63.3. The van der Waals surface area contributed by atoms with Crippen molar-refractivity contribution in [2.24, 2.45) is 0 Å². The van der Waals surface area contributed by atoms with Crippen LogP contribution in [0.4, 0.5) is 0 Å². The van der Waals surface area contributed by atoms with E-state index in [1.165, 1.54) is 31.9 Å². The first-order valence-electron chi connectivity index (χ1n) is 18.4. The molecule has 0 radical (unpaired) electrons. The van der Waals surface area contributed by atoms with Gasteiger partial charge in [-0.05, 0) is 65.0 Å². The van der Waals surface area contributed by atoms with Gasteiger partial charge in [-0.2, -0.15) is 0 Å². The molecule has 0 bridgehead atoms. The molecule has 0 unspecified atom stereocenters. The van der Waals surface area contributed by atoms with Gasteiger partial charge in [0.25, 0.3) is 8.32 Å². The van der Waals surface area contributed by atoms with Crippen LogP contribution in [-0.4, -0.2) is 43.6 Å². The van der Waals surface area contributed by atoms with E-state index in [1.54, 1.807) is 14.2 Å². The highest BCUT2D eigenvalue weighted by atomic mass is 28.4. The minimum absolute atomic E-state index is 0.236. The van der Waals surface area contributed by atoms with Gasteiger partial charge >= 0.3 is 0 Å². The van der Waals surface area contributed by atoms with Crippen molar-refractivity contribution >= 4 is 37.1 Å². The molecule has 0 saturated heterocycles. The molecule has 4 nitrogen and oxygen atoms in total. The van der Waals surface area contributed by atoms with Crippen molar-refractivity contribution < 1.29 is 18.6 Å². The molecule has 0 spiro atoms. The molecule has 0 amide bonds. The third-order valence-corrected chi connectivity index (χ3v) is 19.5. The molecule has 0 saturated carbocycles. The van der Waals surface area contributed by atoms with Crippen molar-refractivity contribution in [2.75, 3.05) is 27.2 Å². The van der Waals surface area contributed by atoms with Crippen LogP contribution in [0.3, 0.4) is 0 Å². The SMILES string of the molecule is COCOc1ccccc1CCC[Si](CO[Si](CCCc1ccccc1OC)(c1ccccc1)c1ccccc1)(c1ccccc1)c1ccccc1. The maximum absolute atomic E-state index is 7.88. The lowest BCUT2D eigenvalue weighted by Crippen LogP contribution is -2.68. The Balaban J connectivity index is 1.40. The topological polar surface area (TPSA) is 36.9 Å². The summed E-state index contributed by atoms with van der Waals surface area (Å²) in [5.41, 5.74) is 2.44. The van der Waals surface area contributed by atoms with E-state index in [4.69, 9.17) is 18.6 Å². The molecule has 6 aromatic rings. The summed E-state index contributed by atoms with van der Waals surface area (Å²) >= 11 is 0. The van der Waals surface area contributed by atoms with Crippen LogP contribution in [0.1, 0.15) is 24.0 Å². The van der Waals surface area contributed by atoms with Gasteiger partial charge in [-0.25, -0.2) is 0 Å². The summed E-state index contributed by atoms with van der Waals surface area (Å²) in [6.07, 6.45) is 4.51. The van der Waals surface area contributed by atoms with Crippen LogP contribution in [0.15, 0.2) is 170 Å². The van der Waals surface area contributed by atoms with Gasteiger partial charge in [0.15, 0.2) is 6.79 Å². The van der Waals surface area contributed by atoms with Crippen molar-refractivity contribution in [2.45, 2.75) is 37.8 Å². The standard InChI is InChI=1S/C46H50O4Si2/c1-47-37-49-46-34-18-16-22-40(46)23-19-35-51(41-25-7-3-8-26-41,42-27-9-4-10-28-42)38-50-52(43-29-11-5-12-30-43,44-31-13-6-14-32-44)36-20-24-39-21-15-17-33-45(39)48-2/h3-18,21-22,25-34H,19-20,23-24,35-38H2,1-2H3. The van der Waals surface area contributed by atoms with Crippen LogP contribution in [0.2, 0.25) is 12.1 Å². The van der Waals surface area contributed by atoms with Crippen LogP contribution in [0.5, 0.6) is 11.5 Å². The third kappa shape index (κ3) is 8.83. The Morgan fingerprint density at radius 3 is 1.37 bits per heavy atom. The first-order valence-corrected chi connectivity index (χ1v) is 22.9. The van der Waals surface area contributed by atoms with Gasteiger partial charge in [-0.15, -0.1) is 0 Å². The quantitative estimate of drug-likeness (QED) is 0.0632. The molecular weight excluding hydrogens is 673 g/mol. The van der Waals surface area contributed by atoms with Crippen molar-refractivity contribution in [3.05, 3.63) is 181 Å². The van der Waals surface area contributed by atoms with E-state index < -0.39 is 16.4 Å². The third-order valence-electron chi connectivity index (χ3n) is 10.2. The van der Waals surface area contributed by atoms with Crippen molar-refractivity contribution in [1.82, 2.24) is 0 Å². The summed E-state index contributed by atoms with van der Waals surface area (Å²) in [6.45, 7) is 0.236. The molecule has 0 fully saturated rings. The smallest absolute Gasteiger partial charge is 0.255 e. The van der Waals surface area contributed by atoms with E-state index in [-0.39, 0.29) is 6.79 Å². The molecule has 0 aromatic heterocycles. The largest absolute Gasteiger partial charge is 0.496 e. The Morgan fingerprint density at radius 1 is 0.442 bits per heavy atom. The van der Waals surface area contributed by atoms with Gasteiger partial charge in [-0.3, -0.25) is 0 Å². The summed E-state index contributed by atoms with van der Waals surface area (Å²) < 4.78 is 24.9. The van der Waals surface area contributed by atoms with E-state index in [0.29, 0.717) is 6.23 Å². The van der Waals surface area contributed by atoms with Crippen molar-refractivity contribution in [3.63, 3.8) is 0 Å².